The van der Waals surface area contributed by atoms with Crippen molar-refractivity contribution < 1.29 is 0 Å². The van der Waals surface area contributed by atoms with Crippen LogP contribution < -0.4 is 0 Å². The molecule has 2 rings (SSSR count). The second kappa shape index (κ2) is 4.57. The number of nitrogens with zero attached hydrogens (tertiary/aromatic N) is 3. The van der Waals surface area contributed by atoms with Crippen LogP contribution in [0.3, 0.4) is 0 Å². The fourth-order valence-corrected chi connectivity index (χ4v) is 1.76. The topological polar surface area (TPSA) is 30.7 Å². The van der Waals surface area contributed by atoms with Gasteiger partial charge in [0.25, 0.3) is 0 Å². The van der Waals surface area contributed by atoms with Crippen molar-refractivity contribution in [3.8, 4) is 11.3 Å². The van der Waals surface area contributed by atoms with E-state index in [9.17, 15) is 0 Å². The minimum atomic E-state index is 0.850. The van der Waals surface area contributed by atoms with Crippen LogP contribution in [0.25, 0.3) is 11.3 Å². The van der Waals surface area contributed by atoms with E-state index in [2.05, 4.69) is 32.9 Å². The number of pyridine rings is 1. The lowest BCUT2D eigenvalue weighted by molar-refractivity contribution is 0.603. The van der Waals surface area contributed by atoms with E-state index >= 15 is 0 Å². The number of aromatic nitrogens is 3. The van der Waals surface area contributed by atoms with Crippen molar-refractivity contribution in [2.75, 3.05) is 0 Å². The summed E-state index contributed by atoms with van der Waals surface area (Å²) in [4.78, 5) is 4.38. The zero-order valence-corrected chi connectivity index (χ0v) is 10.1. The van der Waals surface area contributed by atoms with Crippen molar-refractivity contribution in [2.45, 2.75) is 19.9 Å². The van der Waals surface area contributed by atoms with Gasteiger partial charge in [0.05, 0.1) is 11.9 Å². The van der Waals surface area contributed by atoms with Crippen LogP contribution in [0.15, 0.2) is 35.2 Å². The predicted octanol–water partition coefficient (Wildman–Crippen LogP) is 3.12. The smallest absolute Gasteiger partial charge is 0.106 e. The summed E-state index contributed by atoms with van der Waals surface area (Å²) in [5.41, 5.74) is 2.01. The maximum Gasteiger partial charge on any atom is 0.106 e. The largest absolute Gasteiger partial charge is 0.272 e. The molecule has 0 spiro atoms. The van der Waals surface area contributed by atoms with Crippen LogP contribution in [-0.4, -0.2) is 14.8 Å². The molecule has 0 saturated heterocycles. The molecule has 4 heteroatoms. The third-order valence-corrected chi connectivity index (χ3v) is 2.54. The molecular formula is C11H12BrN3. The van der Waals surface area contributed by atoms with E-state index in [0.717, 1.165) is 28.8 Å². The Kier molecular flexibility index (Phi) is 3.16. The summed E-state index contributed by atoms with van der Waals surface area (Å²) in [7, 11) is 0. The van der Waals surface area contributed by atoms with Gasteiger partial charge in [0.2, 0.25) is 0 Å². The van der Waals surface area contributed by atoms with Crippen LogP contribution in [0.2, 0.25) is 0 Å². The number of hydrogen-bond acceptors (Lipinski definition) is 2. The standard InChI is InChI=1S/C11H12BrN3/c1-2-6-15-8-9(7-13-15)10-4-3-5-11(12)14-10/h3-5,7-8H,2,6H2,1H3. The number of rotatable bonds is 3. The monoisotopic (exact) mass is 265 g/mol. The van der Waals surface area contributed by atoms with E-state index in [1.54, 1.807) is 0 Å². The van der Waals surface area contributed by atoms with Crippen LogP contribution >= 0.6 is 15.9 Å². The first-order valence-corrected chi connectivity index (χ1v) is 5.74. The van der Waals surface area contributed by atoms with E-state index < -0.39 is 0 Å². The first kappa shape index (κ1) is 10.4. The van der Waals surface area contributed by atoms with Crippen LogP contribution in [0.5, 0.6) is 0 Å². The Bertz CT molecular complexity index is 451. The Morgan fingerprint density at radius 1 is 1.40 bits per heavy atom. The van der Waals surface area contributed by atoms with Gasteiger partial charge < -0.3 is 0 Å². The Labute approximate surface area is 97.3 Å². The second-order valence-corrected chi connectivity index (χ2v) is 4.15. The zero-order valence-electron chi connectivity index (χ0n) is 8.52. The molecule has 0 N–H and O–H groups in total. The number of aryl methyl sites for hydroxylation is 1. The molecule has 3 nitrogen and oxygen atoms in total. The summed E-state index contributed by atoms with van der Waals surface area (Å²) in [6.45, 7) is 3.09. The van der Waals surface area contributed by atoms with Gasteiger partial charge in [-0.3, -0.25) is 4.68 Å². The van der Waals surface area contributed by atoms with Gasteiger partial charge in [0.15, 0.2) is 0 Å². The summed E-state index contributed by atoms with van der Waals surface area (Å²) in [5, 5.41) is 4.27. The molecule has 0 bridgehead atoms. The Balaban J connectivity index is 2.29. The Morgan fingerprint density at radius 2 is 2.27 bits per heavy atom. The molecule has 0 radical (unpaired) electrons. The minimum absolute atomic E-state index is 0.850. The molecule has 0 amide bonds. The lowest BCUT2D eigenvalue weighted by atomic mass is 10.2. The highest BCUT2D eigenvalue weighted by atomic mass is 79.9. The Morgan fingerprint density at radius 3 is 3.00 bits per heavy atom. The fourth-order valence-electron chi connectivity index (χ4n) is 1.42. The normalized spacial score (nSPS) is 10.5. The van der Waals surface area contributed by atoms with Gasteiger partial charge in [0, 0.05) is 18.3 Å². The molecule has 0 fully saturated rings. The van der Waals surface area contributed by atoms with Crippen molar-refractivity contribution in [3.05, 3.63) is 35.2 Å². The Hall–Kier alpha value is -1.16. The number of hydrogen-bond donors (Lipinski definition) is 0. The number of halogens is 1. The first-order chi connectivity index (χ1) is 7.29. The van der Waals surface area contributed by atoms with Crippen molar-refractivity contribution in [2.24, 2.45) is 0 Å². The van der Waals surface area contributed by atoms with Gasteiger partial charge in [-0.15, -0.1) is 0 Å². The van der Waals surface area contributed by atoms with Crippen LogP contribution in [0.1, 0.15) is 13.3 Å². The second-order valence-electron chi connectivity index (χ2n) is 3.34. The van der Waals surface area contributed by atoms with Gasteiger partial charge in [-0.05, 0) is 34.5 Å². The van der Waals surface area contributed by atoms with Gasteiger partial charge in [-0.2, -0.15) is 5.10 Å². The average molecular weight is 266 g/mol. The van der Waals surface area contributed by atoms with Gasteiger partial charge in [-0.25, -0.2) is 4.98 Å². The van der Waals surface area contributed by atoms with Gasteiger partial charge in [0.1, 0.15) is 4.60 Å². The molecule has 0 aromatic carbocycles. The van der Waals surface area contributed by atoms with Crippen molar-refractivity contribution in [3.63, 3.8) is 0 Å². The van der Waals surface area contributed by atoms with Crippen molar-refractivity contribution >= 4 is 15.9 Å². The highest BCUT2D eigenvalue weighted by molar-refractivity contribution is 9.10. The highest BCUT2D eigenvalue weighted by Gasteiger charge is 2.02. The molecule has 0 atom stereocenters. The van der Waals surface area contributed by atoms with Crippen LogP contribution in [-0.2, 0) is 6.54 Å². The lowest BCUT2D eigenvalue weighted by Crippen LogP contribution is -1.95. The average Bonchev–Trinajstić information content (AvgIpc) is 2.67. The van der Waals surface area contributed by atoms with Gasteiger partial charge in [-0.1, -0.05) is 13.0 Å². The molecule has 0 saturated carbocycles. The molecule has 0 unspecified atom stereocenters. The molecular weight excluding hydrogens is 254 g/mol. The molecule has 0 aliphatic carbocycles. The molecule has 2 heterocycles. The van der Waals surface area contributed by atoms with E-state index in [4.69, 9.17) is 0 Å². The van der Waals surface area contributed by atoms with Crippen molar-refractivity contribution in [1.82, 2.24) is 14.8 Å². The van der Waals surface area contributed by atoms with Crippen molar-refractivity contribution in [1.29, 1.82) is 0 Å². The van der Waals surface area contributed by atoms with Crippen LogP contribution in [0, 0.1) is 0 Å². The summed E-state index contributed by atoms with van der Waals surface area (Å²) >= 11 is 3.36. The maximum atomic E-state index is 4.38. The maximum absolute atomic E-state index is 4.38. The lowest BCUT2D eigenvalue weighted by Gasteiger charge is -1.97. The van der Waals surface area contributed by atoms with E-state index in [-0.39, 0.29) is 0 Å². The summed E-state index contributed by atoms with van der Waals surface area (Å²) in [6, 6.07) is 5.88. The molecule has 0 aliphatic rings. The van der Waals surface area contributed by atoms with Gasteiger partial charge >= 0.3 is 0 Å². The molecule has 78 valence electrons. The fraction of sp³-hybridized carbons (Fsp3) is 0.273. The molecule has 2 aromatic rings. The molecule has 0 aliphatic heterocycles. The van der Waals surface area contributed by atoms with E-state index in [1.807, 2.05) is 35.3 Å². The zero-order chi connectivity index (χ0) is 10.7. The highest BCUT2D eigenvalue weighted by Crippen LogP contribution is 2.18. The van der Waals surface area contributed by atoms with E-state index in [1.165, 1.54) is 0 Å². The molecule has 2 aromatic heterocycles. The predicted molar refractivity (Wildman–Crippen MR) is 63.4 cm³/mol. The SMILES string of the molecule is CCCn1cc(-c2cccc(Br)n2)cn1. The molecule has 15 heavy (non-hydrogen) atoms. The minimum Gasteiger partial charge on any atom is -0.272 e. The first-order valence-electron chi connectivity index (χ1n) is 4.95. The third kappa shape index (κ3) is 2.45. The quantitative estimate of drug-likeness (QED) is 0.799. The summed E-state index contributed by atoms with van der Waals surface area (Å²) in [6.07, 6.45) is 4.97. The summed E-state index contributed by atoms with van der Waals surface area (Å²) < 4.78 is 2.79. The summed E-state index contributed by atoms with van der Waals surface area (Å²) in [5.74, 6) is 0. The van der Waals surface area contributed by atoms with Crippen LogP contribution in [0.4, 0.5) is 0 Å². The third-order valence-electron chi connectivity index (χ3n) is 2.10. The van der Waals surface area contributed by atoms with E-state index in [0.29, 0.717) is 0 Å².